The molecule has 16 heavy (non-hydrogen) atoms. The number of benzene rings is 2. The third kappa shape index (κ3) is 1.90. The van der Waals surface area contributed by atoms with Gasteiger partial charge in [0.25, 0.3) is 0 Å². The van der Waals surface area contributed by atoms with Crippen molar-refractivity contribution in [3.63, 3.8) is 0 Å². The maximum absolute atomic E-state index is 11.1. The average molecular weight is 216 g/mol. The fourth-order valence-electron chi connectivity index (χ4n) is 1.65. The summed E-state index contributed by atoms with van der Waals surface area (Å²) in [5.74, 6) is 0.551. The summed E-state index contributed by atoms with van der Waals surface area (Å²) < 4.78 is 10.2. The van der Waals surface area contributed by atoms with Crippen LogP contribution in [0.25, 0.3) is 10.8 Å². The molecule has 0 spiro atoms. The van der Waals surface area contributed by atoms with Gasteiger partial charge in [-0.2, -0.15) is 0 Å². The highest BCUT2D eigenvalue weighted by Gasteiger charge is 2.07. The van der Waals surface area contributed by atoms with E-state index in [-0.39, 0.29) is 6.79 Å². The van der Waals surface area contributed by atoms with Gasteiger partial charge >= 0.3 is 0 Å². The van der Waals surface area contributed by atoms with Crippen LogP contribution in [0.3, 0.4) is 0 Å². The summed E-state index contributed by atoms with van der Waals surface area (Å²) in [6.45, 7) is 0.138. The van der Waals surface area contributed by atoms with Crippen molar-refractivity contribution in [2.24, 2.45) is 0 Å². The third-order valence-corrected chi connectivity index (χ3v) is 2.38. The zero-order valence-corrected chi connectivity index (χ0v) is 8.97. The van der Waals surface area contributed by atoms with Crippen LogP contribution in [0.5, 0.6) is 5.75 Å². The fourth-order valence-corrected chi connectivity index (χ4v) is 1.65. The number of carbonyl (C=O) groups is 1. The summed E-state index contributed by atoms with van der Waals surface area (Å²) in [5.41, 5.74) is 0.565. The molecule has 0 saturated heterocycles. The summed E-state index contributed by atoms with van der Waals surface area (Å²) in [7, 11) is 1.54. The van der Waals surface area contributed by atoms with E-state index in [1.165, 1.54) is 0 Å². The summed E-state index contributed by atoms with van der Waals surface area (Å²) in [5, 5.41) is 1.92. The van der Waals surface area contributed by atoms with Gasteiger partial charge in [0.15, 0.2) is 13.1 Å². The number of ether oxygens (including phenoxy) is 2. The van der Waals surface area contributed by atoms with E-state index in [4.69, 9.17) is 9.47 Å². The second-order valence-corrected chi connectivity index (χ2v) is 3.37. The lowest BCUT2D eigenvalue weighted by molar-refractivity contribution is 0.0506. The summed E-state index contributed by atoms with van der Waals surface area (Å²) in [4.78, 5) is 11.1. The second-order valence-electron chi connectivity index (χ2n) is 3.37. The molecule has 0 aliphatic rings. The Morgan fingerprint density at radius 2 is 2.00 bits per heavy atom. The second kappa shape index (κ2) is 4.77. The van der Waals surface area contributed by atoms with Crippen LogP contribution in [0.1, 0.15) is 10.4 Å². The average Bonchev–Trinajstić information content (AvgIpc) is 2.35. The van der Waals surface area contributed by atoms with Crippen LogP contribution in [0.15, 0.2) is 36.4 Å². The van der Waals surface area contributed by atoms with E-state index in [1.54, 1.807) is 13.2 Å². The zero-order chi connectivity index (χ0) is 11.4. The molecular weight excluding hydrogens is 204 g/mol. The van der Waals surface area contributed by atoms with Gasteiger partial charge < -0.3 is 9.47 Å². The number of carbonyl (C=O) groups excluding carboxylic acids is 1. The summed E-state index contributed by atoms with van der Waals surface area (Å²) in [6.07, 6.45) is 0.813. The maximum Gasteiger partial charge on any atom is 0.188 e. The van der Waals surface area contributed by atoms with Crippen molar-refractivity contribution in [2.45, 2.75) is 0 Å². The van der Waals surface area contributed by atoms with Gasteiger partial charge in [0.1, 0.15) is 5.75 Å². The molecule has 82 valence electrons. The van der Waals surface area contributed by atoms with E-state index in [2.05, 4.69) is 0 Å². The monoisotopic (exact) mass is 216 g/mol. The van der Waals surface area contributed by atoms with Gasteiger partial charge in [0, 0.05) is 7.11 Å². The SMILES string of the molecule is COCOc1ccc2ccccc2c1C=O. The van der Waals surface area contributed by atoms with Crippen molar-refractivity contribution >= 4 is 17.1 Å². The minimum atomic E-state index is 0.138. The van der Waals surface area contributed by atoms with Gasteiger partial charge in [-0.25, -0.2) is 0 Å². The Bertz CT molecular complexity index is 506. The number of hydrogen-bond acceptors (Lipinski definition) is 3. The minimum Gasteiger partial charge on any atom is -0.467 e. The van der Waals surface area contributed by atoms with Crippen molar-refractivity contribution < 1.29 is 14.3 Å². The minimum absolute atomic E-state index is 0.138. The number of fused-ring (bicyclic) bond motifs is 1. The smallest absolute Gasteiger partial charge is 0.188 e. The number of methoxy groups -OCH3 is 1. The highest BCUT2D eigenvalue weighted by molar-refractivity contribution is 6.00. The predicted molar refractivity (Wildman–Crippen MR) is 61.8 cm³/mol. The number of hydrogen-bond donors (Lipinski definition) is 0. The molecule has 0 unspecified atom stereocenters. The normalized spacial score (nSPS) is 10.3. The molecule has 2 aromatic carbocycles. The third-order valence-electron chi connectivity index (χ3n) is 2.38. The van der Waals surface area contributed by atoms with E-state index >= 15 is 0 Å². The highest BCUT2D eigenvalue weighted by atomic mass is 16.7. The van der Waals surface area contributed by atoms with Crippen LogP contribution >= 0.6 is 0 Å². The van der Waals surface area contributed by atoms with E-state index in [0.717, 1.165) is 17.1 Å². The van der Waals surface area contributed by atoms with Crippen LogP contribution in [0.4, 0.5) is 0 Å². The Morgan fingerprint density at radius 3 is 2.75 bits per heavy atom. The first kappa shape index (κ1) is 10.6. The van der Waals surface area contributed by atoms with E-state index in [9.17, 15) is 4.79 Å². The lowest BCUT2D eigenvalue weighted by atomic mass is 10.0. The largest absolute Gasteiger partial charge is 0.467 e. The molecule has 0 heterocycles. The van der Waals surface area contributed by atoms with Crippen molar-refractivity contribution in [1.29, 1.82) is 0 Å². The van der Waals surface area contributed by atoms with Crippen LogP contribution in [-0.2, 0) is 4.74 Å². The Kier molecular flexibility index (Phi) is 3.17. The first-order valence-corrected chi connectivity index (χ1v) is 4.95. The molecule has 0 bridgehead atoms. The zero-order valence-electron chi connectivity index (χ0n) is 8.97. The van der Waals surface area contributed by atoms with Crippen molar-refractivity contribution in [2.75, 3.05) is 13.9 Å². The standard InChI is InChI=1S/C13H12O3/c1-15-9-16-13-7-6-10-4-2-3-5-11(10)12(13)8-14/h2-8H,9H2,1H3. The predicted octanol–water partition coefficient (Wildman–Crippen LogP) is 2.64. The molecule has 0 amide bonds. The number of rotatable bonds is 4. The molecular formula is C13H12O3. The van der Waals surface area contributed by atoms with E-state index in [1.807, 2.05) is 30.3 Å². The van der Waals surface area contributed by atoms with Crippen LogP contribution in [0, 0.1) is 0 Å². The van der Waals surface area contributed by atoms with Gasteiger partial charge in [-0.05, 0) is 16.8 Å². The quantitative estimate of drug-likeness (QED) is 0.582. The van der Waals surface area contributed by atoms with Crippen molar-refractivity contribution in [3.8, 4) is 5.75 Å². The Hall–Kier alpha value is -1.87. The molecule has 3 heteroatoms. The molecule has 0 atom stereocenters. The Balaban J connectivity index is 2.54. The first-order chi connectivity index (χ1) is 7.86. The maximum atomic E-state index is 11.1. The summed E-state index contributed by atoms with van der Waals surface area (Å²) in [6, 6.07) is 11.4. The molecule has 2 aromatic rings. The topological polar surface area (TPSA) is 35.5 Å². The number of aldehydes is 1. The molecule has 0 saturated carbocycles. The van der Waals surface area contributed by atoms with Crippen molar-refractivity contribution in [1.82, 2.24) is 0 Å². The molecule has 0 N–H and O–H groups in total. The van der Waals surface area contributed by atoms with Crippen LogP contribution in [-0.4, -0.2) is 20.2 Å². The molecule has 2 rings (SSSR count). The van der Waals surface area contributed by atoms with Crippen molar-refractivity contribution in [3.05, 3.63) is 42.0 Å². The molecule has 3 nitrogen and oxygen atoms in total. The molecule has 0 radical (unpaired) electrons. The van der Waals surface area contributed by atoms with Gasteiger partial charge in [0.2, 0.25) is 0 Å². The molecule has 0 aliphatic heterocycles. The Labute approximate surface area is 93.6 Å². The van der Waals surface area contributed by atoms with Gasteiger partial charge in [-0.15, -0.1) is 0 Å². The molecule has 0 aliphatic carbocycles. The van der Waals surface area contributed by atoms with Gasteiger partial charge in [-0.3, -0.25) is 4.79 Å². The Morgan fingerprint density at radius 1 is 1.19 bits per heavy atom. The van der Waals surface area contributed by atoms with Gasteiger partial charge in [-0.1, -0.05) is 30.3 Å². The highest BCUT2D eigenvalue weighted by Crippen LogP contribution is 2.26. The van der Waals surface area contributed by atoms with Gasteiger partial charge in [0.05, 0.1) is 5.56 Å². The summed E-state index contributed by atoms with van der Waals surface area (Å²) >= 11 is 0. The van der Waals surface area contributed by atoms with E-state index in [0.29, 0.717) is 11.3 Å². The first-order valence-electron chi connectivity index (χ1n) is 4.95. The molecule has 0 aromatic heterocycles. The lowest BCUT2D eigenvalue weighted by Gasteiger charge is -2.09. The fraction of sp³-hybridized carbons (Fsp3) is 0.154. The van der Waals surface area contributed by atoms with Crippen LogP contribution < -0.4 is 4.74 Å². The van der Waals surface area contributed by atoms with Crippen LogP contribution in [0.2, 0.25) is 0 Å². The van der Waals surface area contributed by atoms with E-state index < -0.39 is 0 Å². The molecule has 0 fully saturated rings. The lowest BCUT2D eigenvalue weighted by Crippen LogP contribution is -2.01.